The molecule has 34 heavy (non-hydrogen) atoms. The van der Waals surface area contributed by atoms with E-state index in [0.717, 1.165) is 12.5 Å². The van der Waals surface area contributed by atoms with E-state index in [0.29, 0.717) is 35.7 Å². The Morgan fingerprint density at radius 2 is 2.00 bits per heavy atom. The Bertz CT molecular complexity index is 1010. The van der Waals surface area contributed by atoms with Gasteiger partial charge in [-0.2, -0.15) is 0 Å². The summed E-state index contributed by atoms with van der Waals surface area (Å²) in [5.41, 5.74) is 1.30. The number of hydrogen-bond donors (Lipinski definition) is 2. The first-order chi connectivity index (χ1) is 16.4. The van der Waals surface area contributed by atoms with Crippen LogP contribution >= 0.6 is 0 Å². The lowest BCUT2D eigenvalue weighted by atomic mass is 9.99. The largest absolute Gasteiger partial charge is 0.486 e. The number of aliphatic hydroxyl groups is 1. The number of aromatic nitrogens is 1. The van der Waals surface area contributed by atoms with Crippen LogP contribution in [-0.2, 0) is 0 Å². The Labute approximate surface area is 200 Å². The third-order valence-corrected chi connectivity index (χ3v) is 6.64. The molecule has 2 aromatic rings. The maximum Gasteiger partial charge on any atom is 0.258 e. The van der Waals surface area contributed by atoms with Crippen molar-refractivity contribution >= 4 is 17.5 Å². The molecule has 8 heteroatoms. The predicted molar refractivity (Wildman–Crippen MR) is 130 cm³/mol. The third-order valence-electron chi connectivity index (χ3n) is 6.64. The lowest BCUT2D eigenvalue weighted by Crippen LogP contribution is -2.50. The van der Waals surface area contributed by atoms with Crippen LogP contribution in [0.3, 0.4) is 0 Å². The van der Waals surface area contributed by atoms with Gasteiger partial charge in [-0.25, -0.2) is 0 Å². The molecule has 0 saturated heterocycles. The number of carbonyl (C=O) groups excluding carboxylic acids is 2. The van der Waals surface area contributed by atoms with Gasteiger partial charge in [0.05, 0.1) is 23.9 Å². The summed E-state index contributed by atoms with van der Waals surface area (Å²) < 4.78 is 6.54. The van der Waals surface area contributed by atoms with Gasteiger partial charge in [-0.3, -0.25) is 14.6 Å². The average Bonchev–Trinajstić information content (AvgIpc) is 3.65. The van der Waals surface area contributed by atoms with Crippen molar-refractivity contribution in [2.24, 2.45) is 11.8 Å². The van der Waals surface area contributed by atoms with Crippen LogP contribution in [0, 0.1) is 11.8 Å². The molecule has 0 spiro atoms. The molecule has 1 saturated carbocycles. The maximum atomic E-state index is 13.5. The van der Waals surface area contributed by atoms with E-state index in [2.05, 4.69) is 29.2 Å². The fraction of sp³-hybridized carbons (Fsp3) is 0.500. The normalized spacial score (nSPS) is 21.3. The molecule has 2 amide bonds. The molecule has 1 aliphatic heterocycles. The summed E-state index contributed by atoms with van der Waals surface area (Å²) >= 11 is 0. The Kier molecular flexibility index (Phi) is 7.48. The van der Waals surface area contributed by atoms with E-state index < -0.39 is 0 Å². The van der Waals surface area contributed by atoms with Gasteiger partial charge >= 0.3 is 0 Å². The molecular formula is C26H34N4O4. The number of carbonyl (C=O) groups is 2. The zero-order chi connectivity index (χ0) is 24.2. The minimum Gasteiger partial charge on any atom is -0.486 e. The highest BCUT2D eigenvalue weighted by atomic mass is 16.5. The summed E-state index contributed by atoms with van der Waals surface area (Å²) in [7, 11) is 2.10. The SMILES string of the molecule is C[C@H]1CN([C@@H](C)CO)C(=O)c2cccc(NC(=O)c3ccncc3)c2O[C@H]1CN(C)CC1CC1. The van der Waals surface area contributed by atoms with E-state index in [1.165, 1.54) is 12.8 Å². The first-order valence-corrected chi connectivity index (χ1v) is 12.0. The number of pyridine rings is 1. The quantitative estimate of drug-likeness (QED) is 0.621. The summed E-state index contributed by atoms with van der Waals surface area (Å²) in [4.78, 5) is 34.4. The Morgan fingerprint density at radius 3 is 2.68 bits per heavy atom. The molecule has 3 atom stereocenters. The number of rotatable bonds is 8. The minimum atomic E-state index is -0.333. The fourth-order valence-corrected chi connectivity index (χ4v) is 4.38. The van der Waals surface area contributed by atoms with Crippen LogP contribution in [0.15, 0.2) is 42.7 Å². The minimum absolute atomic E-state index is 0.0247. The number of para-hydroxylation sites is 1. The van der Waals surface area contributed by atoms with Crippen LogP contribution in [0.5, 0.6) is 5.75 Å². The molecule has 1 fully saturated rings. The van der Waals surface area contributed by atoms with Gasteiger partial charge in [0.25, 0.3) is 11.8 Å². The summed E-state index contributed by atoms with van der Waals surface area (Å²) in [5, 5.41) is 12.7. The van der Waals surface area contributed by atoms with Crippen LogP contribution in [0.4, 0.5) is 5.69 Å². The van der Waals surface area contributed by atoms with E-state index in [-0.39, 0.29) is 36.5 Å². The predicted octanol–water partition coefficient (Wildman–Crippen LogP) is 2.90. The van der Waals surface area contributed by atoms with Crippen LogP contribution < -0.4 is 10.1 Å². The zero-order valence-corrected chi connectivity index (χ0v) is 20.1. The molecule has 182 valence electrons. The molecule has 1 aliphatic carbocycles. The topological polar surface area (TPSA) is 95.0 Å². The van der Waals surface area contributed by atoms with Gasteiger partial charge < -0.3 is 25.0 Å². The van der Waals surface area contributed by atoms with E-state index in [4.69, 9.17) is 4.74 Å². The molecule has 8 nitrogen and oxygen atoms in total. The summed E-state index contributed by atoms with van der Waals surface area (Å²) in [6.45, 7) is 6.00. The van der Waals surface area contributed by atoms with Gasteiger partial charge in [-0.05, 0) is 57.0 Å². The second-order valence-electron chi connectivity index (χ2n) is 9.66. The van der Waals surface area contributed by atoms with Gasteiger partial charge in [0.1, 0.15) is 6.10 Å². The molecule has 1 aromatic heterocycles. The van der Waals surface area contributed by atoms with E-state index >= 15 is 0 Å². The molecule has 1 aromatic carbocycles. The van der Waals surface area contributed by atoms with Gasteiger partial charge in [-0.15, -0.1) is 0 Å². The molecule has 4 rings (SSSR count). The zero-order valence-electron chi connectivity index (χ0n) is 20.1. The molecular weight excluding hydrogens is 432 g/mol. The van der Waals surface area contributed by atoms with Gasteiger partial charge in [0.2, 0.25) is 0 Å². The summed E-state index contributed by atoms with van der Waals surface area (Å²) in [6, 6.07) is 8.15. The van der Waals surface area contributed by atoms with Crippen molar-refractivity contribution in [3.63, 3.8) is 0 Å². The van der Waals surface area contributed by atoms with Crippen LogP contribution in [0.1, 0.15) is 47.4 Å². The van der Waals surface area contributed by atoms with Crippen LogP contribution in [0.25, 0.3) is 0 Å². The number of ether oxygens (including phenoxy) is 1. The Balaban J connectivity index is 1.68. The highest BCUT2D eigenvalue weighted by molar-refractivity contribution is 6.07. The summed E-state index contributed by atoms with van der Waals surface area (Å²) in [5.74, 6) is 0.639. The fourth-order valence-electron chi connectivity index (χ4n) is 4.38. The van der Waals surface area contributed by atoms with Crippen molar-refractivity contribution in [3.8, 4) is 5.75 Å². The Morgan fingerprint density at radius 1 is 1.26 bits per heavy atom. The van der Waals surface area contributed by atoms with Crippen LogP contribution in [-0.4, -0.2) is 77.1 Å². The lowest BCUT2D eigenvalue weighted by molar-refractivity contribution is 0.0345. The Hall–Kier alpha value is -2.97. The van der Waals surface area contributed by atoms with Crippen molar-refractivity contribution in [1.82, 2.24) is 14.8 Å². The van der Waals surface area contributed by atoms with Gasteiger partial charge in [0.15, 0.2) is 5.75 Å². The van der Waals surface area contributed by atoms with Crippen molar-refractivity contribution in [1.29, 1.82) is 0 Å². The standard InChI is InChI=1S/C26H34N4O4/c1-17-13-30(18(2)16-31)26(33)21-5-4-6-22(28-25(32)20-9-11-27-12-10-20)24(21)34-23(17)15-29(3)14-19-7-8-19/h4-6,9-12,17-19,23,31H,7-8,13-16H2,1-3H3,(H,28,32)/t17-,18-,23-/m0/s1. The number of fused-ring (bicyclic) bond motifs is 1. The number of likely N-dealkylation sites (N-methyl/N-ethyl adjacent to an activating group) is 1. The third kappa shape index (κ3) is 5.56. The number of nitrogens with zero attached hydrogens (tertiary/aromatic N) is 3. The summed E-state index contributed by atoms with van der Waals surface area (Å²) in [6.07, 6.45) is 5.48. The lowest BCUT2D eigenvalue weighted by Gasteiger charge is -2.38. The van der Waals surface area contributed by atoms with Crippen molar-refractivity contribution in [2.75, 3.05) is 38.6 Å². The average molecular weight is 467 g/mol. The molecule has 2 heterocycles. The molecule has 2 N–H and O–H groups in total. The second kappa shape index (κ2) is 10.5. The number of nitrogens with one attached hydrogen (secondary N) is 1. The first-order valence-electron chi connectivity index (χ1n) is 12.0. The maximum absolute atomic E-state index is 13.5. The number of amides is 2. The molecule has 0 radical (unpaired) electrons. The molecule has 2 aliphatic rings. The number of aliphatic hydroxyl groups excluding tert-OH is 1. The van der Waals surface area contributed by atoms with Crippen molar-refractivity contribution in [3.05, 3.63) is 53.9 Å². The highest BCUT2D eigenvalue weighted by Gasteiger charge is 2.35. The van der Waals surface area contributed by atoms with E-state index in [1.807, 2.05) is 6.92 Å². The second-order valence-corrected chi connectivity index (χ2v) is 9.66. The highest BCUT2D eigenvalue weighted by Crippen LogP contribution is 2.35. The smallest absolute Gasteiger partial charge is 0.258 e. The number of benzene rings is 1. The van der Waals surface area contributed by atoms with Crippen LogP contribution in [0.2, 0.25) is 0 Å². The van der Waals surface area contributed by atoms with Gasteiger partial charge in [-0.1, -0.05) is 13.0 Å². The van der Waals surface area contributed by atoms with Crippen molar-refractivity contribution < 1.29 is 19.4 Å². The number of anilines is 1. The molecule has 0 unspecified atom stereocenters. The molecule has 0 bridgehead atoms. The van der Waals surface area contributed by atoms with Gasteiger partial charge in [0, 0.05) is 43.5 Å². The first kappa shape index (κ1) is 24.2. The van der Waals surface area contributed by atoms with E-state index in [1.54, 1.807) is 47.6 Å². The van der Waals surface area contributed by atoms with Crippen molar-refractivity contribution in [2.45, 2.75) is 38.8 Å². The van der Waals surface area contributed by atoms with E-state index in [9.17, 15) is 14.7 Å². The number of hydrogen-bond acceptors (Lipinski definition) is 6. The monoisotopic (exact) mass is 466 g/mol.